The SMILES string of the molecule is CC(C)Oc1ccc2c(=O)c(-c3ccccc3)coc2c1CN1CCCC1.CCCCCCCCCCCCCCCCOc1ccc2c(=O)c(-c3ccccc3)coc2c1CN1CCOCC1. The van der Waals surface area contributed by atoms with Crippen molar-refractivity contribution in [2.24, 2.45) is 0 Å². The van der Waals surface area contributed by atoms with E-state index in [9.17, 15) is 9.59 Å². The molecule has 0 radical (unpaired) electrons. The predicted molar refractivity (Wildman–Crippen MR) is 278 cm³/mol. The molecule has 0 bridgehead atoms. The van der Waals surface area contributed by atoms with Gasteiger partial charge >= 0.3 is 0 Å². The molecule has 4 heterocycles. The first-order chi connectivity index (χ1) is 33.4. The van der Waals surface area contributed by atoms with Gasteiger partial charge in [0.05, 0.1) is 59.0 Å². The predicted octanol–water partition coefficient (Wildman–Crippen LogP) is 14.0. The van der Waals surface area contributed by atoms with Gasteiger partial charge in [-0.1, -0.05) is 151 Å². The summed E-state index contributed by atoms with van der Waals surface area (Å²) in [6, 6.07) is 27.0. The molecule has 0 atom stereocenters. The Kier molecular flexibility index (Phi) is 20.2. The third kappa shape index (κ3) is 14.4. The number of ether oxygens (including phenoxy) is 3. The van der Waals surface area contributed by atoms with Crippen LogP contribution >= 0.6 is 0 Å². The van der Waals surface area contributed by atoms with Gasteiger partial charge in [0.1, 0.15) is 35.2 Å². The Morgan fingerprint density at radius 3 is 1.46 bits per heavy atom. The highest BCUT2D eigenvalue weighted by Crippen LogP contribution is 2.33. The second kappa shape index (κ2) is 27.1. The van der Waals surface area contributed by atoms with Crippen LogP contribution in [0.1, 0.15) is 135 Å². The zero-order chi connectivity index (χ0) is 47.3. The summed E-state index contributed by atoms with van der Waals surface area (Å²) >= 11 is 0. The highest BCUT2D eigenvalue weighted by Gasteiger charge is 2.22. The molecule has 364 valence electrons. The lowest BCUT2D eigenvalue weighted by atomic mass is 10.0. The third-order valence-electron chi connectivity index (χ3n) is 13.4. The number of fused-ring (bicyclic) bond motifs is 2. The van der Waals surface area contributed by atoms with Crippen LogP contribution in [0.5, 0.6) is 11.5 Å². The Hall–Kier alpha value is -5.22. The highest BCUT2D eigenvalue weighted by molar-refractivity contribution is 5.87. The lowest BCUT2D eigenvalue weighted by Crippen LogP contribution is -2.35. The molecule has 9 heteroatoms. The van der Waals surface area contributed by atoms with E-state index in [2.05, 4.69) is 16.7 Å². The molecule has 0 spiro atoms. The van der Waals surface area contributed by atoms with E-state index in [1.807, 2.05) is 98.8 Å². The topological polar surface area (TPSA) is 94.6 Å². The van der Waals surface area contributed by atoms with Crippen molar-refractivity contribution in [1.29, 1.82) is 0 Å². The Labute approximate surface area is 404 Å². The Balaban J connectivity index is 0.000000218. The first kappa shape index (κ1) is 50.7. The molecular formula is C59H76N2O7. The molecule has 6 aromatic rings. The fourth-order valence-electron chi connectivity index (χ4n) is 9.54. The van der Waals surface area contributed by atoms with Gasteiger partial charge in [-0.3, -0.25) is 19.4 Å². The highest BCUT2D eigenvalue weighted by atomic mass is 16.5. The van der Waals surface area contributed by atoms with Crippen molar-refractivity contribution in [3.8, 4) is 33.8 Å². The van der Waals surface area contributed by atoms with Gasteiger partial charge in [-0.15, -0.1) is 0 Å². The van der Waals surface area contributed by atoms with E-state index in [1.54, 1.807) is 12.5 Å². The molecular weight excluding hydrogens is 849 g/mol. The number of hydrogen-bond donors (Lipinski definition) is 0. The van der Waals surface area contributed by atoms with E-state index in [0.717, 1.165) is 86.1 Å². The molecule has 9 nitrogen and oxygen atoms in total. The van der Waals surface area contributed by atoms with Gasteiger partial charge in [0.15, 0.2) is 0 Å². The maximum absolute atomic E-state index is 13.5. The number of benzene rings is 4. The van der Waals surface area contributed by atoms with Gasteiger partial charge < -0.3 is 23.0 Å². The van der Waals surface area contributed by atoms with E-state index < -0.39 is 0 Å². The Bertz CT molecular complexity index is 2540. The summed E-state index contributed by atoms with van der Waals surface area (Å²) in [5.74, 6) is 1.63. The lowest BCUT2D eigenvalue weighted by Gasteiger charge is -2.27. The molecule has 2 aliphatic heterocycles. The van der Waals surface area contributed by atoms with E-state index in [0.29, 0.717) is 46.2 Å². The minimum absolute atomic E-state index is 0.000740. The normalized spacial score (nSPS) is 14.4. The number of unbranched alkanes of at least 4 members (excludes halogenated alkanes) is 13. The van der Waals surface area contributed by atoms with Crippen LogP contribution in [0.3, 0.4) is 0 Å². The molecule has 0 amide bonds. The largest absolute Gasteiger partial charge is 0.493 e. The fourth-order valence-corrected chi connectivity index (χ4v) is 9.54. The maximum atomic E-state index is 13.5. The number of morpholine rings is 1. The van der Waals surface area contributed by atoms with Crippen LogP contribution in [0.25, 0.3) is 44.2 Å². The third-order valence-corrected chi connectivity index (χ3v) is 13.4. The molecule has 2 fully saturated rings. The van der Waals surface area contributed by atoms with Gasteiger partial charge in [-0.2, -0.15) is 0 Å². The van der Waals surface area contributed by atoms with E-state index in [4.69, 9.17) is 23.0 Å². The van der Waals surface area contributed by atoms with Crippen LogP contribution in [0, 0.1) is 0 Å². The molecule has 2 saturated heterocycles. The minimum atomic E-state index is -0.000740. The van der Waals surface area contributed by atoms with Crippen LogP contribution < -0.4 is 20.3 Å². The van der Waals surface area contributed by atoms with Crippen LogP contribution in [-0.4, -0.2) is 61.9 Å². The standard InChI is InChI=1S/C36H51NO4.C23H25NO3/c1-2-3-4-5-6-7-8-9-10-11-12-13-14-18-25-40-34-22-21-31-35(38)33(30-19-16-15-17-20-30)29-41-36(31)32(34)28-37-23-26-39-27-24-37;1-16(2)27-21-11-10-18-22(25)20(17-8-4-3-5-9-17)15-26-23(18)19(21)14-24-12-6-7-13-24/h15-17,19-22,29H,2-14,18,23-28H2,1H3;3-5,8-11,15-16H,6-7,12-14H2,1-2H3. The average molecular weight is 925 g/mol. The first-order valence-electron chi connectivity index (χ1n) is 26.0. The molecule has 2 aromatic heterocycles. The molecule has 0 unspecified atom stereocenters. The number of likely N-dealkylation sites (tertiary alicyclic amines) is 1. The summed E-state index contributed by atoms with van der Waals surface area (Å²) < 4.78 is 30.1. The number of nitrogens with zero attached hydrogens (tertiary/aromatic N) is 2. The summed E-state index contributed by atoms with van der Waals surface area (Å²) in [7, 11) is 0. The fraction of sp³-hybridized carbons (Fsp3) is 0.492. The van der Waals surface area contributed by atoms with Crippen LogP contribution in [0.2, 0.25) is 0 Å². The zero-order valence-corrected chi connectivity index (χ0v) is 41.2. The van der Waals surface area contributed by atoms with Crippen molar-refractivity contribution >= 4 is 21.9 Å². The zero-order valence-electron chi connectivity index (χ0n) is 41.2. The summed E-state index contributed by atoms with van der Waals surface area (Å²) in [6.45, 7) is 13.7. The maximum Gasteiger partial charge on any atom is 0.200 e. The van der Waals surface area contributed by atoms with Gasteiger partial charge in [0.25, 0.3) is 0 Å². The van der Waals surface area contributed by atoms with Crippen molar-refractivity contribution < 1.29 is 23.0 Å². The van der Waals surface area contributed by atoms with E-state index in [1.165, 1.54) is 96.3 Å². The van der Waals surface area contributed by atoms with Crippen molar-refractivity contribution in [2.75, 3.05) is 46.0 Å². The van der Waals surface area contributed by atoms with Gasteiger partial charge in [0, 0.05) is 26.2 Å². The van der Waals surface area contributed by atoms with Crippen molar-refractivity contribution in [3.63, 3.8) is 0 Å². The summed E-state index contributed by atoms with van der Waals surface area (Å²) in [5.41, 5.74) is 6.14. The van der Waals surface area contributed by atoms with Gasteiger partial charge in [-0.25, -0.2) is 0 Å². The molecule has 8 rings (SSSR count). The van der Waals surface area contributed by atoms with Crippen molar-refractivity contribution in [3.05, 3.63) is 129 Å². The van der Waals surface area contributed by atoms with Crippen LogP contribution in [0.4, 0.5) is 0 Å². The van der Waals surface area contributed by atoms with Crippen LogP contribution in [-0.2, 0) is 17.8 Å². The average Bonchev–Trinajstić information content (AvgIpc) is 3.88. The molecule has 0 N–H and O–H groups in total. The van der Waals surface area contributed by atoms with E-state index in [-0.39, 0.29) is 17.0 Å². The molecule has 68 heavy (non-hydrogen) atoms. The second-order valence-electron chi connectivity index (χ2n) is 19.0. The summed E-state index contributed by atoms with van der Waals surface area (Å²) in [6.07, 6.45) is 24.5. The van der Waals surface area contributed by atoms with Gasteiger partial charge in [0.2, 0.25) is 10.9 Å². The van der Waals surface area contributed by atoms with E-state index >= 15 is 0 Å². The van der Waals surface area contributed by atoms with Crippen LogP contribution in [0.15, 0.2) is 116 Å². The Morgan fingerprint density at radius 1 is 0.529 bits per heavy atom. The second-order valence-corrected chi connectivity index (χ2v) is 19.0. The van der Waals surface area contributed by atoms with Crippen molar-refractivity contribution in [2.45, 2.75) is 143 Å². The summed E-state index contributed by atoms with van der Waals surface area (Å²) in [4.78, 5) is 31.3. The smallest absolute Gasteiger partial charge is 0.200 e. The molecule has 4 aromatic carbocycles. The lowest BCUT2D eigenvalue weighted by molar-refractivity contribution is 0.0338. The van der Waals surface area contributed by atoms with Gasteiger partial charge in [-0.05, 0) is 81.6 Å². The van der Waals surface area contributed by atoms with Crippen molar-refractivity contribution in [1.82, 2.24) is 9.80 Å². The number of hydrogen-bond acceptors (Lipinski definition) is 9. The minimum Gasteiger partial charge on any atom is -0.493 e. The first-order valence-corrected chi connectivity index (χ1v) is 26.0. The quantitative estimate of drug-likeness (QED) is 0.0550. The molecule has 0 saturated carbocycles. The molecule has 2 aliphatic rings. The Morgan fingerprint density at radius 2 is 0.971 bits per heavy atom. The summed E-state index contributed by atoms with van der Waals surface area (Å²) in [5, 5.41) is 1.22. The number of rotatable bonds is 24. The molecule has 0 aliphatic carbocycles. The monoisotopic (exact) mass is 925 g/mol.